The van der Waals surface area contributed by atoms with E-state index in [2.05, 4.69) is 15.2 Å². The number of carbonyl (C=O) groups is 1. The van der Waals surface area contributed by atoms with E-state index in [0.29, 0.717) is 5.69 Å². The molecular weight excluding hydrogens is 288 g/mol. The van der Waals surface area contributed by atoms with Crippen LogP contribution in [0.4, 0.5) is 11.5 Å². The number of benzene rings is 1. The lowest BCUT2D eigenvalue weighted by Gasteiger charge is -2.18. The number of nitrogens with zero attached hydrogens (tertiary/aromatic N) is 2. The average Bonchev–Trinajstić information content (AvgIpc) is 3.12. The van der Waals surface area contributed by atoms with E-state index in [1.165, 1.54) is 12.8 Å². The van der Waals surface area contributed by atoms with E-state index in [1.807, 2.05) is 42.5 Å². The van der Waals surface area contributed by atoms with Crippen LogP contribution in [0, 0.1) is 0 Å². The Morgan fingerprint density at radius 2 is 1.91 bits per heavy atom. The van der Waals surface area contributed by atoms with Gasteiger partial charge in [-0.2, -0.15) is 0 Å². The summed E-state index contributed by atoms with van der Waals surface area (Å²) in [6, 6.07) is 13.5. The Morgan fingerprint density at radius 1 is 1.17 bits per heavy atom. The van der Waals surface area contributed by atoms with E-state index in [1.54, 1.807) is 6.20 Å². The van der Waals surface area contributed by atoms with E-state index in [0.717, 1.165) is 24.5 Å². The lowest BCUT2D eigenvalue weighted by Crippen LogP contribution is -2.27. The fraction of sp³-hybridized carbons (Fsp3) is 0.333. The van der Waals surface area contributed by atoms with Gasteiger partial charge in [-0.3, -0.25) is 4.79 Å². The van der Waals surface area contributed by atoms with Crippen molar-refractivity contribution in [3.63, 3.8) is 0 Å². The van der Waals surface area contributed by atoms with Gasteiger partial charge in [0, 0.05) is 19.6 Å². The van der Waals surface area contributed by atoms with Crippen LogP contribution >= 0.6 is 0 Å². The van der Waals surface area contributed by atoms with Gasteiger partial charge in [-0.1, -0.05) is 30.3 Å². The van der Waals surface area contributed by atoms with E-state index >= 15 is 0 Å². The summed E-state index contributed by atoms with van der Waals surface area (Å²) in [5, 5.41) is 2.91. The maximum atomic E-state index is 12.5. The summed E-state index contributed by atoms with van der Waals surface area (Å²) in [5.74, 6) is 0.516. The molecule has 3 rings (SSSR count). The predicted octanol–water partition coefficient (Wildman–Crippen LogP) is 2.36. The summed E-state index contributed by atoms with van der Waals surface area (Å²) >= 11 is 0. The zero-order valence-electron chi connectivity index (χ0n) is 13.1. The van der Waals surface area contributed by atoms with Gasteiger partial charge in [0.25, 0.3) is 0 Å². The van der Waals surface area contributed by atoms with Crippen molar-refractivity contribution in [2.24, 2.45) is 5.73 Å². The topological polar surface area (TPSA) is 71.2 Å². The van der Waals surface area contributed by atoms with Gasteiger partial charge in [-0.25, -0.2) is 4.98 Å². The molecule has 1 aromatic heterocycles. The number of hydrogen-bond acceptors (Lipinski definition) is 4. The van der Waals surface area contributed by atoms with Gasteiger partial charge in [0.1, 0.15) is 5.82 Å². The summed E-state index contributed by atoms with van der Waals surface area (Å²) in [5.41, 5.74) is 7.41. The van der Waals surface area contributed by atoms with Gasteiger partial charge in [0.15, 0.2) is 0 Å². The Morgan fingerprint density at radius 3 is 2.52 bits per heavy atom. The number of nitrogens with two attached hydrogens (primary N) is 1. The number of rotatable bonds is 5. The molecule has 1 aromatic carbocycles. The second-order valence-electron chi connectivity index (χ2n) is 5.79. The highest BCUT2D eigenvalue weighted by molar-refractivity contribution is 5.96. The monoisotopic (exact) mass is 310 g/mol. The van der Waals surface area contributed by atoms with Gasteiger partial charge < -0.3 is 16.0 Å². The molecule has 1 amide bonds. The number of hydrogen-bond donors (Lipinski definition) is 2. The number of aromatic nitrogens is 1. The second kappa shape index (κ2) is 7.24. The zero-order valence-corrected chi connectivity index (χ0v) is 13.1. The second-order valence-corrected chi connectivity index (χ2v) is 5.79. The van der Waals surface area contributed by atoms with Crippen LogP contribution in [0.15, 0.2) is 48.7 Å². The van der Waals surface area contributed by atoms with Crippen LogP contribution in [0.5, 0.6) is 0 Å². The minimum Gasteiger partial charge on any atom is -0.357 e. The molecule has 1 saturated heterocycles. The van der Waals surface area contributed by atoms with Gasteiger partial charge >= 0.3 is 0 Å². The molecule has 0 aliphatic carbocycles. The molecule has 1 fully saturated rings. The summed E-state index contributed by atoms with van der Waals surface area (Å²) in [6.45, 7) is 2.39. The largest absolute Gasteiger partial charge is 0.357 e. The Kier molecular flexibility index (Phi) is 4.88. The van der Waals surface area contributed by atoms with Crippen molar-refractivity contribution < 1.29 is 4.79 Å². The summed E-state index contributed by atoms with van der Waals surface area (Å²) in [6.07, 6.45) is 4.15. The molecule has 0 spiro atoms. The fourth-order valence-electron chi connectivity index (χ4n) is 2.90. The quantitative estimate of drug-likeness (QED) is 0.889. The van der Waals surface area contributed by atoms with Crippen molar-refractivity contribution in [1.82, 2.24) is 4.98 Å². The van der Waals surface area contributed by atoms with Crippen LogP contribution in [0.2, 0.25) is 0 Å². The van der Waals surface area contributed by atoms with Crippen molar-refractivity contribution in [1.29, 1.82) is 0 Å². The minimum absolute atomic E-state index is 0.102. The predicted molar refractivity (Wildman–Crippen MR) is 92.6 cm³/mol. The molecule has 2 heterocycles. The van der Waals surface area contributed by atoms with Gasteiger partial charge in [-0.15, -0.1) is 0 Å². The van der Waals surface area contributed by atoms with Crippen molar-refractivity contribution in [2.75, 3.05) is 29.9 Å². The number of amides is 1. The highest BCUT2D eigenvalue weighted by atomic mass is 16.1. The minimum atomic E-state index is -0.352. The molecule has 1 unspecified atom stereocenters. The van der Waals surface area contributed by atoms with Crippen LogP contribution < -0.4 is 16.0 Å². The van der Waals surface area contributed by atoms with E-state index in [9.17, 15) is 4.79 Å². The summed E-state index contributed by atoms with van der Waals surface area (Å²) < 4.78 is 0. The number of pyridine rings is 1. The number of nitrogens with one attached hydrogen (secondary N) is 1. The summed E-state index contributed by atoms with van der Waals surface area (Å²) in [4.78, 5) is 19.2. The van der Waals surface area contributed by atoms with Gasteiger partial charge in [-0.05, 0) is 30.5 Å². The molecule has 120 valence electrons. The van der Waals surface area contributed by atoms with Crippen molar-refractivity contribution in [3.05, 3.63) is 54.2 Å². The average molecular weight is 310 g/mol. The van der Waals surface area contributed by atoms with Gasteiger partial charge in [0.2, 0.25) is 5.91 Å². The Bertz CT molecular complexity index is 636. The van der Waals surface area contributed by atoms with Gasteiger partial charge in [0.05, 0.1) is 17.8 Å². The lowest BCUT2D eigenvalue weighted by atomic mass is 9.98. The van der Waals surface area contributed by atoms with E-state index < -0.39 is 0 Å². The van der Waals surface area contributed by atoms with Crippen LogP contribution in [0.1, 0.15) is 24.3 Å². The van der Waals surface area contributed by atoms with E-state index in [4.69, 9.17) is 5.73 Å². The SMILES string of the molecule is NCC(C(=O)Nc1ccc(N2CCCC2)nc1)c1ccccc1. The van der Waals surface area contributed by atoms with Crippen molar-refractivity contribution in [3.8, 4) is 0 Å². The molecule has 5 heteroatoms. The normalized spacial score (nSPS) is 15.4. The van der Waals surface area contributed by atoms with Crippen molar-refractivity contribution >= 4 is 17.4 Å². The Balaban J connectivity index is 1.67. The molecule has 1 atom stereocenters. The Labute approximate surface area is 136 Å². The fourth-order valence-corrected chi connectivity index (χ4v) is 2.90. The maximum absolute atomic E-state index is 12.5. The first-order valence-electron chi connectivity index (χ1n) is 8.05. The molecular formula is C18H22N4O. The molecule has 5 nitrogen and oxygen atoms in total. The first kappa shape index (κ1) is 15.5. The highest BCUT2D eigenvalue weighted by Gasteiger charge is 2.19. The highest BCUT2D eigenvalue weighted by Crippen LogP contribution is 2.21. The molecule has 0 bridgehead atoms. The molecule has 23 heavy (non-hydrogen) atoms. The third kappa shape index (κ3) is 3.68. The standard InChI is InChI=1S/C18H22N4O/c19-12-16(14-6-2-1-3-7-14)18(23)21-15-8-9-17(20-13-15)22-10-4-5-11-22/h1-3,6-9,13,16H,4-5,10-12,19H2,(H,21,23). The molecule has 3 N–H and O–H groups in total. The molecule has 0 radical (unpaired) electrons. The molecule has 2 aromatic rings. The third-order valence-corrected chi connectivity index (χ3v) is 4.20. The third-order valence-electron chi connectivity index (χ3n) is 4.20. The summed E-state index contributed by atoms with van der Waals surface area (Å²) in [7, 11) is 0. The molecule has 1 aliphatic rings. The lowest BCUT2D eigenvalue weighted by molar-refractivity contribution is -0.117. The number of anilines is 2. The molecule has 1 aliphatic heterocycles. The maximum Gasteiger partial charge on any atom is 0.233 e. The van der Waals surface area contributed by atoms with E-state index in [-0.39, 0.29) is 18.4 Å². The van der Waals surface area contributed by atoms with Crippen molar-refractivity contribution in [2.45, 2.75) is 18.8 Å². The van der Waals surface area contributed by atoms with Crippen LogP contribution in [0.25, 0.3) is 0 Å². The molecule has 0 saturated carbocycles. The number of carbonyl (C=O) groups excluding carboxylic acids is 1. The van der Waals surface area contributed by atoms with Crippen LogP contribution in [-0.2, 0) is 4.79 Å². The zero-order chi connectivity index (χ0) is 16.1. The van der Waals surface area contributed by atoms with Crippen LogP contribution in [-0.4, -0.2) is 30.5 Å². The first-order valence-corrected chi connectivity index (χ1v) is 8.05. The Hall–Kier alpha value is -2.40. The first-order chi connectivity index (χ1) is 11.3. The smallest absolute Gasteiger partial charge is 0.233 e. The van der Waals surface area contributed by atoms with Crippen LogP contribution in [0.3, 0.4) is 0 Å².